The molecule has 0 atom stereocenters. The lowest BCUT2D eigenvalue weighted by atomic mass is 9.93. The highest BCUT2D eigenvalue weighted by Gasteiger charge is 2.22. The van der Waals surface area contributed by atoms with E-state index in [1.54, 1.807) is 0 Å². The van der Waals surface area contributed by atoms with Crippen molar-refractivity contribution in [2.45, 2.75) is 0 Å². The summed E-state index contributed by atoms with van der Waals surface area (Å²) in [6.45, 7) is 0. The van der Waals surface area contributed by atoms with Gasteiger partial charge < -0.3 is 9.32 Å². The third-order valence-electron chi connectivity index (χ3n) is 12.2. The Labute approximate surface area is 347 Å². The molecule has 12 aromatic rings. The van der Waals surface area contributed by atoms with Crippen LogP contribution in [0, 0.1) is 0 Å². The Morgan fingerprint density at radius 2 is 0.817 bits per heavy atom. The van der Waals surface area contributed by atoms with Crippen LogP contribution >= 0.6 is 0 Å². The van der Waals surface area contributed by atoms with Crippen LogP contribution in [-0.2, 0) is 0 Å². The maximum Gasteiger partial charge on any atom is 0.137 e. The Morgan fingerprint density at radius 1 is 0.283 bits per heavy atom. The second-order valence-corrected chi connectivity index (χ2v) is 15.6. The van der Waals surface area contributed by atoms with Crippen molar-refractivity contribution < 1.29 is 4.42 Å². The maximum atomic E-state index is 6.48. The third kappa shape index (κ3) is 5.57. The van der Waals surface area contributed by atoms with E-state index >= 15 is 0 Å². The van der Waals surface area contributed by atoms with Crippen molar-refractivity contribution >= 4 is 82.1 Å². The number of nitrogens with zero attached hydrogens (tertiary/aromatic N) is 1. The van der Waals surface area contributed by atoms with Crippen molar-refractivity contribution in [3.8, 4) is 33.4 Å². The first-order valence-corrected chi connectivity index (χ1v) is 20.6. The van der Waals surface area contributed by atoms with Crippen LogP contribution in [0.4, 0.5) is 17.1 Å². The highest BCUT2D eigenvalue weighted by atomic mass is 16.3. The molecule has 0 aliphatic heterocycles. The van der Waals surface area contributed by atoms with Gasteiger partial charge in [-0.05, 0) is 113 Å². The summed E-state index contributed by atoms with van der Waals surface area (Å²) >= 11 is 0. The van der Waals surface area contributed by atoms with Crippen molar-refractivity contribution in [3.05, 3.63) is 224 Å². The summed E-state index contributed by atoms with van der Waals surface area (Å²) in [5.74, 6) is 0. The largest absolute Gasteiger partial charge is 0.456 e. The van der Waals surface area contributed by atoms with E-state index in [9.17, 15) is 0 Å². The minimum Gasteiger partial charge on any atom is -0.456 e. The van der Waals surface area contributed by atoms with E-state index in [1.165, 1.54) is 59.8 Å². The van der Waals surface area contributed by atoms with E-state index in [1.807, 2.05) is 6.07 Å². The van der Waals surface area contributed by atoms with Crippen molar-refractivity contribution in [3.63, 3.8) is 0 Å². The number of anilines is 3. The standard InChI is InChI=1S/C58H37NO/c1-3-16-46-39(13-1)34-35-51-47(20-10-21-50(46)51)40-27-29-41(30-28-40)49-18-5-7-22-54(49)59(55-23-11-25-57-58(55)52-19-6-8-24-56(52)60-57)45-15-9-14-43(36-45)44-33-32-42-31-26-38-12-2-4-17-48(38)53(42)37-44/h1-37H. The van der Waals surface area contributed by atoms with Crippen molar-refractivity contribution in [1.82, 2.24) is 0 Å². The fourth-order valence-corrected chi connectivity index (χ4v) is 9.39. The van der Waals surface area contributed by atoms with Crippen LogP contribution in [0.2, 0.25) is 0 Å². The van der Waals surface area contributed by atoms with Gasteiger partial charge in [0.15, 0.2) is 0 Å². The van der Waals surface area contributed by atoms with Gasteiger partial charge in [0.25, 0.3) is 0 Å². The molecular formula is C58H37NO. The predicted molar refractivity (Wildman–Crippen MR) is 255 cm³/mol. The van der Waals surface area contributed by atoms with Crippen molar-refractivity contribution in [2.24, 2.45) is 0 Å². The van der Waals surface area contributed by atoms with E-state index in [0.29, 0.717) is 0 Å². The predicted octanol–water partition coefficient (Wildman–Crippen LogP) is 16.7. The van der Waals surface area contributed by atoms with Crippen molar-refractivity contribution in [1.29, 1.82) is 0 Å². The molecule has 0 amide bonds. The van der Waals surface area contributed by atoms with E-state index in [0.717, 1.165) is 55.7 Å². The molecule has 0 N–H and O–H groups in total. The molecular weight excluding hydrogens is 727 g/mol. The molecule has 0 aliphatic carbocycles. The van der Waals surface area contributed by atoms with Gasteiger partial charge in [-0.2, -0.15) is 0 Å². The normalized spacial score (nSPS) is 11.7. The van der Waals surface area contributed by atoms with Gasteiger partial charge in [-0.15, -0.1) is 0 Å². The zero-order valence-electron chi connectivity index (χ0n) is 32.7. The summed E-state index contributed by atoms with van der Waals surface area (Å²) in [7, 11) is 0. The molecule has 60 heavy (non-hydrogen) atoms. The van der Waals surface area contributed by atoms with E-state index < -0.39 is 0 Å². The molecule has 1 heterocycles. The molecule has 2 heteroatoms. The first kappa shape index (κ1) is 34.1. The summed E-state index contributed by atoms with van der Waals surface area (Å²) in [6, 6.07) is 81.3. The molecule has 0 saturated heterocycles. The number of para-hydroxylation sites is 2. The van der Waals surface area contributed by atoms with Gasteiger partial charge in [0.05, 0.1) is 16.8 Å². The van der Waals surface area contributed by atoms with Gasteiger partial charge >= 0.3 is 0 Å². The Kier molecular flexibility index (Phi) is 7.89. The Hall–Kier alpha value is -7.94. The summed E-state index contributed by atoms with van der Waals surface area (Å²) in [5, 5.41) is 12.3. The third-order valence-corrected chi connectivity index (χ3v) is 12.2. The molecule has 0 aliphatic rings. The monoisotopic (exact) mass is 763 g/mol. The van der Waals surface area contributed by atoms with E-state index in [4.69, 9.17) is 4.42 Å². The minimum atomic E-state index is 0.862. The second kappa shape index (κ2) is 13.9. The molecule has 280 valence electrons. The van der Waals surface area contributed by atoms with Gasteiger partial charge in [0, 0.05) is 16.6 Å². The fourth-order valence-electron chi connectivity index (χ4n) is 9.39. The number of furan rings is 1. The zero-order chi connectivity index (χ0) is 39.6. The number of hydrogen-bond acceptors (Lipinski definition) is 2. The number of hydrogen-bond donors (Lipinski definition) is 0. The molecule has 2 nitrogen and oxygen atoms in total. The summed E-state index contributed by atoms with van der Waals surface area (Å²) < 4.78 is 6.48. The molecule has 0 radical (unpaired) electrons. The number of fused-ring (bicyclic) bond motifs is 9. The smallest absolute Gasteiger partial charge is 0.137 e. The van der Waals surface area contributed by atoms with E-state index in [2.05, 4.69) is 223 Å². The fraction of sp³-hybridized carbons (Fsp3) is 0. The summed E-state index contributed by atoms with van der Waals surface area (Å²) in [6.07, 6.45) is 0. The summed E-state index contributed by atoms with van der Waals surface area (Å²) in [4.78, 5) is 2.42. The molecule has 0 spiro atoms. The first-order chi connectivity index (χ1) is 29.7. The van der Waals surface area contributed by atoms with Crippen LogP contribution in [-0.4, -0.2) is 0 Å². The first-order valence-electron chi connectivity index (χ1n) is 20.6. The highest BCUT2D eigenvalue weighted by Crippen LogP contribution is 2.47. The van der Waals surface area contributed by atoms with Gasteiger partial charge in [-0.3, -0.25) is 0 Å². The Morgan fingerprint density at radius 3 is 1.65 bits per heavy atom. The lowest BCUT2D eigenvalue weighted by molar-refractivity contribution is 0.669. The van der Waals surface area contributed by atoms with Gasteiger partial charge in [0.2, 0.25) is 0 Å². The van der Waals surface area contributed by atoms with Gasteiger partial charge in [-0.1, -0.05) is 182 Å². The molecule has 0 bridgehead atoms. The number of rotatable bonds is 6. The average molecular weight is 764 g/mol. The quantitative estimate of drug-likeness (QED) is 0.157. The highest BCUT2D eigenvalue weighted by molar-refractivity contribution is 6.15. The SMILES string of the molecule is c1cc(-c2ccc3ccc4ccccc4c3c2)cc(N(c2ccccc2-c2ccc(-c3cccc4c3ccc3ccccc34)cc2)c2cccc3oc4ccccc4c23)c1. The zero-order valence-corrected chi connectivity index (χ0v) is 32.7. The van der Waals surface area contributed by atoms with Gasteiger partial charge in [-0.25, -0.2) is 0 Å². The van der Waals surface area contributed by atoms with E-state index in [-0.39, 0.29) is 0 Å². The van der Waals surface area contributed by atoms with Crippen LogP contribution in [0.5, 0.6) is 0 Å². The molecule has 12 rings (SSSR count). The Balaban J connectivity index is 1.03. The van der Waals surface area contributed by atoms with Crippen LogP contribution < -0.4 is 4.90 Å². The van der Waals surface area contributed by atoms with Crippen molar-refractivity contribution in [2.75, 3.05) is 4.90 Å². The molecule has 0 fully saturated rings. The van der Waals surface area contributed by atoms with Crippen LogP contribution in [0.15, 0.2) is 229 Å². The molecule has 11 aromatic carbocycles. The summed E-state index contributed by atoms with van der Waals surface area (Å²) in [5.41, 5.74) is 12.0. The number of benzene rings is 11. The molecule has 0 saturated carbocycles. The average Bonchev–Trinajstić information content (AvgIpc) is 3.71. The molecule has 0 unspecified atom stereocenters. The Bertz CT molecular complexity index is 3610. The lowest BCUT2D eigenvalue weighted by Crippen LogP contribution is -2.11. The van der Waals surface area contributed by atoms with Crippen LogP contribution in [0.3, 0.4) is 0 Å². The lowest BCUT2D eigenvalue weighted by Gasteiger charge is -2.29. The minimum absolute atomic E-state index is 0.862. The van der Waals surface area contributed by atoms with Crippen LogP contribution in [0.25, 0.3) is 98.4 Å². The van der Waals surface area contributed by atoms with Gasteiger partial charge in [0.1, 0.15) is 11.2 Å². The topological polar surface area (TPSA) is 16.4 Å². The maximum absolute atomic E-state index is 6.48. The molecule has 1 aromatic heterocycles. The van der Waals surface area contributed by atoms with Crippen LogP contribution in [0.1, 0.15) is 0 Å². The second-order valence-electron chi connectivity index (χ2n) is 15.6.